The van der Waals surface area contributed by atoms with Gasteiger partial charge in [0.15, 0.2) is 6.10 Å². The third-order valence-electron chi connectivity index (χ3n) is 11.4. The number of unbranched alkanes of at least 4 members (excludes halogenated alkanes) is 16. The standard InChI is InChI=1S/C64H102O6/c1-4-7-10-13-16-19-22-25-28-30-32-34-36-39-42-45-48-51-54-57-63(66)69-60-61(59-68-62(65)56-53-50-47-44-41-38-27-24-21-18-15-12-9-6-3)70-64(67)58-55-52-49-46-43-40-37-35-33-31-29-26-23-20-17-14-11-8-5-2/h7-8,10-11,16-17,19-20,24-29,32-35,39-40,42-43,61H,4-6,9,12-15,18,21-23,30-31,36-38,41,44-60H2,1-3H3/b10-7+,11-8+,19-16+,20-17+,27-24+,28-25+,29-26+,34-32+,35-33+,42-39+,43-40+/t61-/m1/s1. The lowest BCUT2D eigenvalue weighted by atomic mass is 10.1. The van der Waals surface area contributed by atoms with Crippen LogP contribution in [-0.4, -0.2) is 37.2 Å². The first-order valence-corrected chi connectivity index (χ1v) is 28.2. The van der Waals surface area contributed by atoms with Gasteiger partial charge in [-0.3, -0.25) is 14.4 Å². The summed E-state index contributed by atoms with van der Waals surface area (Å²) in [4.78, 5) is 38.1. The molecular weight excluding hydrogens is 865 g/mol. The topological polar surface area (TPSA) is 78.9 Å². The number of ether oxygens (including phenoxy) is 3. The minimum Gasteiger partial charge on any atom is -0.462 e. The molecule has 0 saturated heterocycles. The van der Waals surface area contributed by atoms with E-state index in [-0.39, 0.29) is 37.5 Å². The average molecular weight is 968 g/mol. The van der Waals surface area contributed by atoms with Gasteiger partial charge in [0.25, 0.3) is 0 Å². The highest BCUT2D eigenvalue weighted by atomic mass is 16.6. The van der Waals surface area contributed by atoms with E-state index in [4.69, 9.17) is 14.2 Å². The van der Waals surface area contributed by atoms with Crippen LogP contribution >= 0.6 is 0 Å². The molecule has 0 spiro atoms. The lowest BCUT2D eigenvalue weighted by Gasteiger charge is -2.18. The van der Waals surface area contributed by atoms with E-state index in [1.807, 2.05) is 0 Å². The van der Waals surface area contributed by atoms with Crippen LogP contribution < -0.4 is 0 Å². The number of hydrogen-bond donors (Lipinski definition) is 0. The molecule has 0 aromatic carbocycles. The number of carbonyl (C=O) groups is 3. The van der Waals surface area contributed by atoms with E-state index >= 15 is 0 Å². The Labute approximate surface area is 430 Å². The second-order valence-corrected chi connectivity index (χ2v) is 18.1. The highest BCUT2D eigenvalue weighted by molar-refractivity contribution is 5.71. The summed E-state index contributed by atoms with van der Waals surface area (Å²) in [5.41, 5.74) is 0. The van der Waals surface area contributed by atoms with Gasteiger partial charge in [-0.1, -0.05) is 212 Å². The van der Waals surface area contributed by atoms with Crippen molar-refractivity contribution in [2.45, 2.75) is 239 Å². The Bertz CT molecular complexity index is 1530. The summed E-state index contributed by atoms with van der Waals surface area (Å²) in [5.74, 6) is -0.990. The van der Waals surface area contributed by atoms with Crippen molar-refractivity contribution in [3.05, 3.63) is 134 Å². The molecule has 0 bridgehead atoms. The van der Waals surface area contributed by atoms with Crippen LogP contribution in [0.3, 0.4) is 0 Å². The Morgan fingerprint density at radius 1 is 0.300 bits per heavy atom. The van der Waals surface area contributed by atoms with Crippen LogP contribution in [0, 0.1) is 0 Å². The zero-order valence-corrected chi connectivity index (χ0v) is 45.0. The maximum absolute atomic E-state index is 12.9. The molecule has 0 saturated carbocycles. The molecule has 1 atom stereocenters. The third-order valence-corrected chi connectivity index (χ3v) is 11.4. The Hall–Kier alpha value is -4.45. The van der Waals surface area contributed by atoms with Crippen LogP contribution in [0.4, 0.5) is 0 Å². The molecule has 0 fully saturated rings. The Morgan fingerprint density at radius 3 is 0.900 bits per heavy atom. The summed E-state index contributed by atoms with van der Waals surface area (Å²) in [5, 5.41) is 0. The number of hydrogen-bond acceptors (Lipinski definition) is 6. The lowest BCUT2D eigenvalue weighted by molar-refractivity contribution is -0.167. The molecule has 0 rings (SSSR count). The lowest BCUT2D eigenvalue weighted by Crippen LogP contribution is -2.30. The van der Waals surface area contributed by atoms with Crippen LogP contribution in [0.5, 0.6) is 0 Å². The Balaban J connectivity index is 4.55. The minimum atomic E-state index is -0.818. The molecule has 0 aliphatic heterocycles. The molecule has 0 N–H and O–H groups in total. The molecular formula is C64H102O6. The van der Waals surface area contributed by atoms with E-state index in [0.717, 1.165) is 141 Å². The Morgan fingerprint density at radius 2 is 0.557 bits per heavy atom. The quantitative estimate of drug-likeness (QED) is 0.0262. The molecule has 0 unspecified atom stereocenters. The van der Waals surface area contributed by atoms with Crippen LogP contribution in [0.1, 0.15) is 233 Å². The van der Waals surface area contributed by atoms with Crippen molar-refractivity contribution in [3.63, 3.8) is 0 Å². The van der Waals surface area contributed by atoms with Crippen molar-refractivity contribution in [3.8, 4) is 0 Å². The summed E-state index contributed by atoms with van der Waals surface area (Å²) in [6, 6.07) is 0. The van der Waals surface area contributed by atoms with Gasteiger partial charge in [-0.05, 0) is 135 Å². The molecule has 0 heterocycles. The molecule has 6 heteroatoms. The highest BCUT2D eigenvalue weighted by Gasteiger charge is 2.19. The number of esters is 3. The van der Waals surface area contributed by atoms with Crippen LogP contribution in [0.15, 0.2) is 134 Å². The van der Waals surface area contributed by atoms with Gasteiger partial charge in [-0.2, -0.15) is 0 Å². The van der Waals surface area contributed by atoms with Crippen molar-refractivity contribution in [1.29, 1.82) is 0 Å². The maximum Gasteiger partial charge on any atom is 0.306 e. The van der Waals surface area contributed by atoms with Crippen LogP contribution in [0.2, 0.25) is 0 Å². The third kappa shape index (κ3) is 54.5. The van der Waals surface area contributed by atoms with Crippen molar-refractivity contribution in [2.24, 2.45) is 0 Å². The summed E-state index contributed by atoms with van der Waals surface area (Å²) in [6.07, 6.45) is 80.1. The number of rotatable bonds is 49. The van der Waals surface area contributed by atoms with Gasteiger partial charge in [-0.25, -0.2) is 0 Å². The van der Waals surface area contributed by atoms with E-state index in [1.54, 1.807) is 0 Å². The van der Waals surface area contributed by atoms with Gasteiger partial charge in [0.1, 0.15) is 13.2 Å². The first-order chi connectivity index (χ1) is 34.5. The summed E-state index contributed by atoms with van der Waals surface area (Å²) in [7, 11) is 0. The first kappa shape index (κ1) is 65.5. The van der Waals surface area contributed by atoms with Crippen LogP contribution in [0.25, 0.3) is 0 Å². The number of carbonyl (C=O) groups excluding carboxylic acids is 3. The van der Waals surface area contributed by atoms with Gasteiger partial charge < -0.3 is 14.2 Å². The molecule has 0 aliphatic rings. The van der Waals surface area contributed by atoms with Gasteiger partial charge in [-0.15, -0.1) is 0 Å². The fourth-order valence-electron chi connectivity index (χ4n) is 7.19. The summed E-state index contributed by atoms with van der Waals surface area (Å²) in [6.45, 7) is 6.33. The molecule has 0 radical (unpaired) electrons. The van der Waals surface area contributed by atoms with Gasteiger partial charge in [0.05, 0.1) is 0 Å². The smallest absolute Gasteiger partial charge is 0.306 e. The molecule has 0 amide bonds. The second kappa shape index (κ2) is 57.1. The molecule has 70 heavy (non-hydrogen) atoms. The maximum atomic E-state index is 12.9. The van der Waals surface area contributed by atoms with E-state index in [9.17, 15) is 14.4 Å². The predicted octanol–water partition coefficient (Wildman–Crippen LogP) is 19.0. The number of allylic oxidation sites excluding steroid dienone is 22. The molecule has 0 aliphatic carbocycles. The summed E-state index contributed by atoms with van der Waals surface area (Å²) < 4.78 is 16.8. The fourth-order valence-corrected chi connectivity index (χ4v) is 7.19. The molecule has 6 nitrogen and oxygen atoms in total. The van der Waals surface area contributed by atoms with E-state index in [1.165, 1.54) is 44.9 Å². The van der Waals surface area contributed by atoms with Gasteiger partial charge in [0.2, 0.25) is 0 Å². The first-order valence-electron chi connectivity index (χ1n) is 28.2. The zero-order chi connectivity index (χ0) is 50.7. The predicted molar refractivity (Wildman–Crippen MR) is 302 cm³/mol. The van der Waals surface area contributed by atoms with E-state index in [2.05, 4.69) is 154 Å². The Kier molecular flexibility index (Phi) is 53.5. The average Bonchev–Trinajstić information content (AvgIpc) is 3.36. The molecule has 0 aromatic heterocycles. The second-order valence-electron chi connectivity index (χ2n) is 18.1. The zero-order valence-electron chi connectivity index (χ0n) is 45.0. The van der Waals surface area contributed by atoms with Crippen molar-refractivity contribution >= 4 is 17.9 Å². The van der Waals surface area contributed by atoms with Gasteiger partial charge >= 0.3 is 17.9 Å². The van der Waals surface area contributed by atoms with Crippen LogP contribution in [-0.2, 0) is 28.6 Å². The normalized spacial score (nSPS) is 13.1. The monoisotopic (exact) mass is 967 g/mol. The van der Waals surface area contributed by atoms with Crippen molar-refractivity contribution < 1.29 is 28.6 Å². The fraction of sp³-hybridized carbons (Fsp3) is 0.609. The van der Waals surface area contributed by atoms with E-state index < -0.39 is 6.10 Å². The van der Waals surface area contributed by atoms with Gasteiger partial charge in [0, 0.05) is 19.3 Å². The summed E-state index contributed by atoms with van der Waals surface area (Å²) >= 11 is 0. The highest BCUT2D eigenvalue weighted by Crippen LogP contribution is 2.13. The molecule has 0 aromatic rings. The minimum absolute atomic E-state index is 0.111. The SMILES string of the molecule is CC/C=C/C/C=C/C/C=C/C/C=C/C/C=C/CCCCCC(=O)OC[C@@H](COC(=O)CCCCCCC/C=C/CCCCCCC)OC(=O)CCCCC/C=C/C/C=C/C/C=C/C/C=C/C/C=C/CC. The van der Waals surface area contributed by atoms with Crippen molar-refractivity contribution in [1.82, 2.24) is 0 Å². The largest absolute Gasteiger partial charge is 0.462 e. The molecule has 394 valence electrons. The van der Waals surface area contributed by atoms with E-state index in [0.29, 0.717) is 19.3 Å². The van der Waals surface area contributed by atoms with Crippen molar-refractivity contribution in [2.75, 3.05) is 13.2 Å².